The first-order chi connectivity index (χ1) is 8.95. The van der Waals surface area contributed by atoms with Crippen LogP contribution in [-0.2, 0) is 0 Å². The van der Waals surface area contributed by atoms with Gasteiger partial charge in [-0.3, -0.25) is 0 Å². The van der Waals surface area contributed by atoms with Crippen molar-refractivity contribution in [3.63, 3.8) is 0 Å². The number of thioether (sulfide) groups is 1. The van der Waals surface area contributed by atoms with E-state index in [1.54, 1.807) is 0 Å². The smallest absolute Gasteiger partial charge is 0.0106 e. The van der Waals surface area contributed by atoms with E-state index in [-0.39, 0.29) is 0 Å². The third-order valence-corrected chi connectivity index (χ3v) is 4.33. The Hall–Kier alpha value is -0.510. The third-order valence-electron chi connectivity index (χ3n) is 3.32. The van der Waals surface area contributed by atoms with Crippen LogP contribution in [0.1, 0.15) is 19.3 Å². The second-order valence-corrected chi connectivity index (χ2v) is 5.98. The van der Waals surface area contributed by atoms with Crippen LogP contribution < -0.4 is 5.32 Å². The largest absolute Gasteiger partial charge is 0.316 e. The Kier molecular flexibility index (Phi) is 6.62. The fourth-order valence-electron chi connectivity index (χ4n) is 2.32. The lowest BCUT2D eigenvalue weighted by Gasteiger charge is -2.14. The molecule has 1 heterocycles. The van der Waals surface area contributed by atoms with Crippen LogP contribution in [0.25, 0.3) is 0 Å². The van der Waals surface area contributed by atoms with Gasteiger partial charge in [0.05, 0.1) is 0 Å². The first kappa shape index (κ1) is 13.9. The lowest BCUT2D eigenvalue weighted by atomic mass is 10.4. The average molecular weight is 264 g/mol. The van der Waals surface area contributed by atoms with E-state index in [0.29, 0.717) is 0 Å². The zero-order valence-electron chi connectivity index (χ0n) is 11.1. The fraction of sp³-hybridized carbons (Fsp3) is 0.600. The molecule has 1 saturated heterocycles. The minimum absolute atomic E-state index is 1.11. The summed E-state index contributed by atoms with van der Waals surface area (Å²) in [6.45, 7) is 6.19. The average Bonchev–Trinajstić information content (AvgIpc) is 2.92. The van der Waals surface area contributed by atoms with Gasteiger partial charge in [-0.25, -0.2) is 0 Å². The number of rotatable bonds is 8. The highest BCUT2D eigenvalue weighted by atomic mass is 32.2. The summed E-state index contributed by atoms with van der Waals surface area (Å²) in [5, 5.41) is 3.53. The molecule has 0 spiro atoms. The molecule has 1 fully saturated rings. The second-order valence-electron chi connectivity index (χ2n) is 4.81. The molecule has 0 aromatic heterocycles. The Balaban J connectivity index is 1.42. The molecule has 0 radical (unpaired) electrons. The predicted molar refractivity (Wildman–Crippen MR) is 80.3 cm³/mol. The van der Waals surface area contributed by atoms with Gasteiger partial charge in [0.25, 0.3) is 0 Å². The summed E-state index contributed by atoms with van der Waals surface area (Å²) in [5.41, 5.74) is 0. The molecule has 100 valence electrons. The molecule has 1 aliphatic heterocycles. The van der Waals surface area contributed by atoms with Crippen molar-refractivity contribution in [3.05, 3.63) is 30.3 Å². The molecule has 0 saturated carbocycles. The summed E-state index contributed by atoms with van der Waals surface area (Å²) < 4.78 is 0. The van der Waals surface area contributed by atoms with E-state index in [1.165, 1.54) is 43.8 Å². The Morgan fingerprint density at radius 1 is 1.06 bits per heavy atom. The van der Waals surface area contributed by atoms with Crippen LogP contribution in [0.15, 0.2) is 35.2 Å². The SMILES string of the molecule is c1ccc(SCCNCCCN2CCCC2)cc1. The van der Waals surface area contributed by atoms with Gasteiger partial charge >= 0.3 is 0 Å². The van der Waals surface area contributed by atoms with Crippen LogP contribution in [0.2, 0.25) is 0 Å². The zero-order valence-corrected chi connectivity index (χ0v) is 11.9. The first-order valence-electron chi connectivity index (χ1n) is 7.06. The lowest BCUT2D eigenvalue weighted by molar-refractivity contribution is 0.331. The standard InChI is InChI=1S/C15H24N2S/c1-2-7-15(8-3-1)18-14-10-16-9-6-13-17-11-4-5-12-17/h1-3,7-8,16H,4-6,9-14H2. The van der Waals surface area contributed by atoms with Crippen molar-refractivity contribution in [3.8, 4) is 0 Å². The molecule has 0 bridgehead atoms. The van der Waals surface area contributed by atoms with Crippen LogP contribution in [0.4, 0.5) is 0 Å². The summed E-state index contributed by atoms with van der Waals surface area (Å²) in [4.78, 5) is 3.96. The monoisotopic (exact) mass is 264 g/mol. The van der Waals surface area contributed by atoms with Crippen LogP contribution in [-0.4, -0.2) is 43.4 Å². The molecule has 2 rings (SSSR count). The van der Waals surface area contributed by atoms with Crippen molar-refractivity contribution in [2.75, 3.05) is 38.5 Å². The van der Waals surface area contributed by atoms with Crippen molar-refractivity contribution >= 4 is 11.8 Å². The Bertz CT molecular complexity index is 310. The van der Waals surface area contributed by atoms with Gasteiger partial charge in [-0.2, -0.15) is 0 Å². The van der Waals surface area contributed by atoms with Crippen LogP contribution in [0.5, 0.6) is 0 Å². The van der Waals surface area contributed by atoms with Crippen LogP contribution in [0.3, 0.4) is 0 Å². The van der Waals surface area contributed by atoms with Crippen molar-refractivity contribution in [1.82, 2.24) is 10.2 Å². The number of benzene rings is 1. The molecule has 0 atom stereocenters. The normalized spacial score (nSPS) is 16.2. The summed E-state index contributed by atoms with van der Waals surface area (Å²) >= 11 is 1.93. The van der Waals surface area contributed by atoms with Gasteiger partial charge < -0.3 is 10.2 Å². The molecule has 3 heteroatoms. The number of likely N-dealkylation sites (tertiary alicyclic amines) is 1. The van der Waals surface area contributed by atoms with Crippen molar-refractivity contribution in [2.24, 2.45) is 0 Å². The molecule has 1 aromatic carbocycles. The highest BCUT2D eigenvalue weighted by molar-refractivity contribution is 7.99. The Morgan fingerprint density at radius 3 is 2.61 bits per heavy atom. The van der Waals surface area contributed by atoms with Crippen LogP contribution in [0, 0.1) is 0 Å². The molecular weight excluding hydrogens is 240 g/mol. The number of hydrogen-bond donors (Lipinski definition) is 1. The molecular formula is C15H24N2S. The molecule has 1 N–H and O–H groups in total. The summed E-state index contributed by atoms with van der Waals surface area (Å²) in [7, 11) is 0. The topological polar surface area (TPSA) is 15.3 Å². The maximum Gasteiger partial charge on any atom is 0.0106 e. The number of hydrogen-bond acceptors (Lipinski definition) is 3. The van der Waals surface area contributed by atoms with Gasteiger partial charge in [-0.15, -0.1) is 11.8 Å². The van der Waals surface area contributed by atoms with E-state index < -0.39 is 0 Å². The van der Waals surface area contributed by atoms with Gasteiger partial charge in [0, 0.05) is 17.2 Å². The molecule has 0 amide bonds. The zero-order chi connectivity index (χ0) is 12.5. The van der Waals surface area contributed by atoms with Gasteiger partial charge in [-0.1, -0.05) is 18.2 Å². The van der Waals surface area contributed by atoms with Gasteiger partial charge in [0.2, 0.25) is 0 Å². The molecule has 0 unspecified atom stereocenters. The van der Waals surface area contributed by atoms with Gasteiger partial charge in [0.1, 0.15) is 0 Å². The molecule has 18 heavy (non-hydrogen) atoms. The van der Waals surface area contributed by atoms with E-state index >= 15 is 0 Å². The summed E-state index contributed by atoms with van der Waals surface area (Å²) in [5.74, 6) is 1.16. The van der Waals surface area contributed by atoms with Gasteiger partial charge in [0.15, 0.2) is 0 Å². The fourth-order valence-corrected chi connectivity index (χ4v) is 3.15. The minimum atomic E-state index is 1.11. The van der Waals surface area contributed by atoms with E-state index in [2.05, 4.69) is 40.5 Å². The van der Waals surface area contributed by atoms with E-state index in [1.807, 2.05) is 11.8 Å². The number of nitrogens with one attached hydrogen (secondary N) is 1. The highest BCUT2D eigenvalue weighted by Gasteiger charge is 2.09. The van der Waals surface area contributed by atoms with E-state index in [4.69, 9.17) is 0 Å². The molecule has 0 aliphatic carbocycles. The second kappa shape index (κ2) is 8.57. The van der Waals surface area contributed by atoms with Crippen LogP contribution >= 0.6 is 11.8 Å². The first-order valence-corrected chi connectivity index (χ1v) is 8.04. The molecule has 1 aromatic rings. The predicted octanol–water partition coefficient (Wildman–Crippen LogP) is 2.85. The van der Waals surface area contributed by atoms with Crippen molar-refractivity contribution in [1.29, 1.82) is 0 Å². The maximum absolute atomic E-state index is 3.53. The quantitative estimate of drug-likeness (QED) is 0.574. The Labute approximate surface area is 115 Å². The molecule has 2 nitrogen and oxygen atoms in total. The van der Waals surface area contributed by atoms with Crippen molar-refractivity contribution < 1.29 is 0 Å². The molecule has 1 aliphatic rings. The third kappa shape index (κ3) is 5.42. The summed E-state index contributed by atoms with van der Waals surface area (Å²) in [6.07, 6.45) is 4.10. The minimum Gasteiger partial charge on any atom is -0.316 e. The van der Waals surface area contributed by atoms with Crippen molar-refractivity contribution in [2.45, 2.75) is 24.2 Å². The number of nitrogens with zero attached hydrogens (tertiary/aromatic N) is 1. The maximum atomic E-state index is 3.53. The van der Waals surface area contributed by atoms with Gasteiger partial charge in [-0.05, 0) is 57.6 Å². The Morgan fingerprint density at radius 2 is 1.83 bits per heavy atom. The van der Waals surface area contributed by atoms with E-state index in [0.717, 1.165) is 18.8 Å². The lowest BCUT2D eigenvalue weighted by Crippen LogP contribution is -2.25. The van der Waals surface area contributed by atoms with E-state index in [9.17, 15) is 0 Å². The highest BCUT2D eigenvalue weighted by Crippen LogP contribution is 2.15. The summed E-state index contributed by atoms with van der Waals surface area (Å²) in [6, 6.07) is 10.6.